The van der Waals surface area contributed by atoms with Crippen molar-refractivity contribution < 1.29 is 22.8 Å². The lowest BCUT2D eigenvalue weighted by Crippen LogP contribution is -2.31. The molecule has 0 atom stereocenters. The number of nitrogens with one attached hydrogen (secondary N) is 2. The van der Waals surface area contributed by atoms with Gasteiger partial charge in [0.15, 0.2) is 0 Å². The molecule has 0 saturated heterocycles. The smallest absolute Gasteiger partial charge is 0.352 e. The fraction of sp³-hybridized carbons (Fsp3) is 0.385. The van der Waals surface area contributed by atoms with Crippen LogP contribution in [0.3, 0.4) is 0 Å². The van der Waals surface area contributed by atoms with Crippen LogP contribution in [0.2, 0.25) is 0 Å². The third-order valence-corrected chi connectivity index (χ3v) is 2.50. The van der Waals surface area contributed by atoms with Crippen molar-refractivity contribution in [3.63, 3.8) is 0 Å². The quantitative estimate of drug-likeness (QED) is 0.894. The van der Waals surface area contributed by atoms with Crippen LogP contribution in [0.1, 0.15) is 19.4 Å². The number of hydrogen-bond donors (Lipinski definition) is 2. The fourth-order valence-electron chi connectivity index (χ4n) is 1.38. The first kappa shape index (κ1) is 16.0. The van der Waals surface area contributed by atoms with Crippen LogP contribution in [-0.2, 0) is 16.1 Å². The van der Waals surface area contributed by atoms with Crippen molar-refractivity contribution in [1.29, 1.82) is 0 Å². The summed E-state index contributed by atoms with van der Waals surface area (Å²) in [6, 6.07) is 5.99. The number of halogens is 3. The Balaban J connectivity index is 2.79. The van der Waals surface area contributed by atoms with Crippen LogP contribution in [0.5, 0.6) is 0 Å². The molecule has 1 aromatic carbocycles. The maximum absolute atomic E-state index is 12.2. The zero-order valence-electron chi connectivity index (χ0n) is 11.0. The molecule has 1 aromatic rings. The Morgan fingerprint density at radius 2 is 1.80 bits per heavy atom. The second kappa shape index (κ2) is 6.40. The van der Waals surface area contributed by atoms with Gasteiger partial charge in [-0.25, -0.2) is 0 Å². The molecule has 7 heteroatoms. The monoisotopic (exact) mass is 288 g/mol. The van der Waals surface area contributed by atoms with E-state index < -0.39 is 12.1 Å². The summed E-state index contributed by atoms with van der Waals surface area (Å²) < 4.78 is 36.6. The average molecular weight is 288 g/mol. The molecule has 0 bridgehead atoms. The predicted molar refractivity (Wildman–Crippen MR) is 67.8 cm³/mol. The first-order chi connectivity index (χ1) is 9.21. The van der Waals surface area contributed by atoms with E-state index in [1.54, 1.807) is 25.2 Å². The molecule has 1 rings (SSSR count). The van der Waals surface area contributed by atoms with Crippen molar-refractivity contribution in [1.82, 2.24) is 5.32 Å². The molecule has 0 radical (unpaired) electrons. The third kappa shape index (κ3) is 4.56. The van der Waals surface area contributed by atoms with E-state index >= 15 is 0 Å². The molecule has 2 amide bonds. The van der Waals surface area contributed by atoms with Crippen molar-refractivity contribution in [2.24, 2.45) is 5.92 Å². The van der Waals surface area contributed by atoms with Crippen LogP contribution < -0.4 is 10.6 Å². The summed E-state index contributed by atoms with van der Waals surface area (Å²) >= 11 is 0. The van der Waals surface area contributed by atoms with Crippen LogP contribution in [0.4, 0.5) is 18.9 Å². The van der Waals surface area contributed by atoms with Gasteiger partial charge in [-0.15, -0.1) is 0 Å². The number of benzene rings is 1. The molecule has 0 saturated carbocycles. The van der Waals surface area contributed by atoms with Crippen LogP contribution >= 0.6 is 0 Å². The molecule has 0 aromatic heterocycles. The molecular weight excluding hydrogens is 273 g/mol. The van der Waals surface area contributed by atoms with E-state index in [2.05, 4.69) is 5.32 Å². The molecular formula is C13H15F3N2O2. The minimum atomic E-state index is -4.95. The summed E-state index contributed by atoms with van der Waals surface area (Å²) in [6.07, 6.45) is -4.95. The van der Waals surface area contributed by atoms with Crippen molar-refractivity contribution in [2.75, 3.05) is 5.32 Å². The van der Waals surface area contributed by atoms with Gasteiger partial charge in [-0.05, 0) is 11.6 Å². The Hall–Kier alpha value is -2.05. The number of amides is 2. The number of hydrogen-bond acceptors (Lipinski definition) is 2. The zero-order valence-corrected chi connectivity index (χ0v) is 11.0. The van der Waals surface area contributed by atoms with E-state index in [-0.39, 0.29) is 24.1 Å². The lowest BCUT2D eigenvalue weighted by molar-refractivity contribution is -0.167. The molecule has 0 unspecified atom stereocenters. The largest absolute Gasteiger partial charge is 0.471 e. The standard InChI is InChI=1S/C13H15F3N2O2/c1-8(2)11(19)17-7-9-5-3-4-6-10(9)18-12(20)13(14,15)16/h3-6,8H,7H2,1-2H3,(H,17,19)(H,18,20). The fourth-order valence-corrected chi connectivity index (χ4v) is 1.38. The van der Waals surface area contributed by atoms with E-state index in [1.807, 2.05) is 0 Å². The Kier molecular flexibility index (Phi) is 5.12. The van der Waals surface area contributed by atoms with Crippen LogP contribution in [0.25, 0.3) is 0 Å². The number of anilines is 1. The minimum Gasteiger partial charge on any atom is -0.352 e. The van der Waals surface area contributed by atoms with E-state index in [1.165, 1.54) is 18.2 Å². The first-order valence-corrected chi connectivity index (χ1v) is 5.95. The number of alkyl halides is 3. The normalized spacial score (nSPS) is 11.3. The van der Waals surface area contributed by atoms with Gasteiger partial charge in [0.05, 0.1) is 0 Å². The molecule has 2 N–H and O–H groups in total. The first-order valence-electron chi connectivity index (χ1n) is 5.95. The summed E-state index contributed by atoms with van der Waals surface area (Å²) in [5.74, 6) is -2.49. The third-order valence-electron chi connectivity index (χ3n) is 2.50. The van der Waals surface area contributed by atoms with Crippen LogP contribution in [0, 0.1) is 5.92 Å². The van der Waals surface area contributed by atoms with Gasteiger partial charge in [-0.3, -0.25) is 9.59 Å². The highest BCUT2D eigenvalue weighted by Crippen LogP contribution is 2.20. The summed E-state index contributed by atoms with van der Waals surface area (Å²) in [5, 5.41) is 4.37. The number of carbonyl (C=O) groups excluding carboxylic acids is 2. The van der Waals surface area contributed by atoms with Crippen molar-refractivity contribution in [2.45, 2.75) is 26.6 Å². The molecule has 0 aliphatic carbocycles. The highest BCUT2D eigenvalue weighted by atomic mass is 19.4. The second-order valence-corrected chi connectivity index (χ2v) is 4.48. The predicted octanol–water partition coefficient (Wildman–Crippen LogP) is 2.46. The Bertz CT molecular complexity index is 499. The van der Waals surface area contributed by atoms with Crippen molar-refractivity contribution in [3.8, 4) is 0 Å². The van der Waals surface area contributed by atoms with Gasteiger partial charge in [0, 0.05) is 18.2 Å². The summed E-state index contributed by atoms with van der Waals surface area (Å²) in [7, 11) is 0. The highest BCUT2D eigenvalue weighted by molar-refractivity contribution is 5.95. The summed E-state index contributed by atoms with van der Waals surface area (Å²) in [4.78, 5) is 22.3. The van der Waals surface area contributed by atoms with Crippen LogP contribution in [0.15, 0.2) is 24.3 Å². The lowest BCUT2D eigenvalue weighted by atomic mass is 10.1. The molecule has 20 heavy (non-hydrogen) atoms. The lowest BCUT2D eigenvalue weighted by Gasteiger charge is -2.13. The van der Waals surface area contributed by atoms with E-state index in [9.17, 15) is 22.8 Å². The molecule has 0 aliphatic heterocycles. The van der Waals surface area contributed by atoms with E-state index in [4.69, 9.17) is 0 Å². The number of rotatable bonds is 4. The Labute approximate surface area is 114 Å². The SMILES string of the molecule is CC(C)C(=O)NCc1ccccc1NC(=O)C(F)(F)F. The van der Waals surface area contributed by atoms with Gasteiger partial charge in [0.1, 0.15) is 0 Å². The topological polar surface area (TPSA) is 58.2 Å². The maximum atomic E-state index is 12.2. The van der Waals surface area contributed by atoms with Gasteiger partial charge in [-0.1, -0.05) is 32.0 Å². The van der Waals surface area contributed by atoms with Gasteiger partial charge in [0.25, 0.3) is 0 Å². The number of carbonyl (C=O) groups is 2. The minimum absolute atomic E-state index is 0.0267. The number of para-hydroxylation sites is 1. The van der Waals surface area contributed by atoms with Gasteiger partial charge < -0.3 is 10.6 Å². The van der Waals surface area contributed by atoms with Gasteiger partial charge in [0.2, 0.25) is 5.91 Å². The molecule has 0 spiro atoms. The summed E-state index contributed by atoms with van der Waals surface area (Å²) in [6.45, 7) is 3.45. The molecule has 0 fully saturated rings. The highest BCUT2D eigenvalue weighted by Gasteiger charge is 2.38. The maximum Gasteiger partial charge on any atom is 0.471 e. The van der Waals surface area contributed by atoms with E-state index in [0.717, 1.165) is 0 Å². The van der Waals surface area contributed by atoms with Gasteiger partial charge in [-0.2, -0.15) is 13.2 Å². The molecule has 4 nitrogen and oxygen atoms in total. The summed E-state index contributed by atoms with van der Waals surface area (Å²) in [5.41, 5.74) is 0.429. The molecule has 0 aliphatic rings. The molecule has 0 heterocycles. The molecule has 110 valence electrons. The van der Waals surface area contributed by atoms with Gasteiger partial charge >= 0.3 is 12.1 Å². The Morgan fingerprint density at radius 1 is 1.20 bits per heavy atom. The van der Waals surface area contributed by atoms with Crippen LogP contribution in [-0.4, -0.2) is 18.0 Å². The van der Waals surface area contributed by atoms with E-state index in [0.29, 0.717) is 5.56 Å². The zero-order chi connectivity index (χ0) is 15.3. The van der Waals surface area contributed by atoms with Crippen molar-refractivity contribution >= 4 is 17.5 Å². The second-order valence-electron chi connectivity index (χ2n) is 4.48. The Morgan fingerprint density at radius 3 is 2.35 bits per heavy atom. The average Bonchev–Trinajstić information content (AvgIpc) is 2.36. The van der Waals surface area contributed by atoms with Crippen molar-refractivity contribution in [3.05, 3.63) is 29.8 Å².